The number of rotatable bonds is 2. The Kier molecular flexibility index (Phi) is 4.30. The molecule has 2 saturated heterocycles. The van der Waals surface area contributed by atoms with Crippen LogP contribution in [0.1, 0.15) is 36.3 Å². The molecule has 0 bridgehead atoms. The molecule has 3 heterocycles. The van der Waals surface area contributed by atoms with Gasteiger partial charge in [-0.2, -0.15) is 0 Å². The molecular formula is C16H23N5O2. The van der Waals surface area contributed by atoms with Gasteiger partial charge in [0.2, 0.25) is 11.7 Å². The second-order valence-electron chi connectivity index (χ2n) is 6.62. The Labute approximate surface area is 135 Å². The van der Waals surface area contributed by atoms with Crippen LogP contribution in [0.15, 0.2) is 18.5 Å². The standard InChI is InChI=1S/C16H23N5O2/c1-20-9-2-4-16(12(20)13(17)22)5-10-21(11-6-16)15(23)14-18-7-3-8-19-14/h3,7-8,12H,2,4-6,9-11H2,1H3,(H2,17,22). The minimum Gasteiger partial charge on any atom is -0.368 e. The van der Waals surface area contributed by atoms with Crippen LogP contribution in [0.3, 0.4) is 0 Å². The lowest BCUT2D eigenvalue weighted by atomic mass is 9.66. The van der Waals surface area contributed by atoms with Crippen molar-refractivity contribution in [2.24, 2.45) is 11.1 Å². The highest BCUT2D eigenvalue weighted by atomic mass is 16.2. The van der Waals surface area contributed by atoms with Crippen molar-refractivity contribution in [3.05, 3.63) is 24.3 Å². The number of carbonyl (C=O) groups excluding carboxylic acids is 2. The molecule has 2 fully saturated rings. The molecule has 1 aromatic heterocycles. The fourth-order valence-corrected chi connectivity index (χ4v) is 4.16. The molecule has 1 aromatic rings. The summed E-state index contributed by atoms with van der Waals surface area (Å²) in [4.78, 5) is 36.3. The van der Waals surface area contributed by atoms with Crippen molar-refractivity contribution in [1.82, 2.24) is 19.8 Å². The topological polar surface area (TPSA) is 92.4 Å². The first-order valence-corrected chi connectivity index (χ1v) is 8.09. The van der Waals surface area contributed by atoms with Crippen molar-refractivity contribution in [2.45, 2.75) is 31.7 Å². The van der Waals surface area contributed by atoms with Gasteiger partial charge in [0, 0.05) is 25.5 Å². The number of nitrogens with two attached hydrogens (primary N) is 1. The van der Waals surface area contributed by atoms with E-state index >= 15 is 0 Å². The Balaban J connectivity index is 1.72. The molecule has 2 aliphatic heterocycles. The summed E-state index contributed by atoms with van der Waals surface area (Å²) in [6, 6.07) is 1.46. The van der Waals surface area contributed by atoms with Crippen molar-refractivity contribution in [1.29, 1.82) is 0 Å². The molecule has 0 saturated carbocycles. The van der Waals surface area contributed by atoms with Gasteiger partial charge in [-0.25, -0.2) is 9.97 Å². The summed E-state index contributed by atoms with van der Waals surface area (Å²) in [7, 11) is 1.96. The summed E-state index contributed by atoms with van der Waals surface area (Å²) in [6.45, 7) is 2.14. The number of primary amides is 1. The van der Waals surface area contributed by atoms with Crippen molar-refractivity contribution < 1.29 is 9.59 Å². The highest BCUT2D eigenvalue weighted by Gasteiger charge is 2.48. The first-order valence-electron chi connectivity index (χ1n) is 8.09. The van der Waals surface area contributed by atoms with Gasteiger partial charge in [0.1, 0.15) is 0 Å². The largest absolute Gasteiger partial charge is 0.368 e. The summed E-state index contributed by atoms with van der Waals surface area (Å²) in [6.07, 6.45) is 6.80. The van der Waals surface area contributed by atoms with Crippen LogP contribution in [0, 0.1) is 5.41 Å². The molecule has 2 amide bonds. The zero-order chi connectivity index (χ0) is 16.4. The normalized spacial score (nSPS) is 24.6. The van der Waals surface area contributed by atoms with Crippen LogP contribution in [0.4, 0.5) is 0 Å². The number of hydrogen-bond acceptors (Lipinski definition) is 5. The second-order valence-corrected chi connectivity index (χ2v) is 6.62. The first kappa shape index (κ1) is 15.9. The highest BCUT2D eigenvalue weighted by molar-refractivity contribution is 5.90. The molecule has 0 aliphatic carbocycles. The minimum absolute atomic E-state index is 0.104. The van der Waals surface area contributed by atoms with Crippen LogP contribution in [0.25, 0.3) is 0 Å². The third-order valence-electron chi connectivity index (χ3n) is 5.28. The van der Waals surface area contributed by atoms with E-state index in [9.17, 15) is 9.59 Å². The molecule has 2 N–H and O–H groups in total. The number of piperidine rings is 2. The monoisotopic (exact) mass is 317 g/mol. The van der Waals surface area contributed by atoms with Crippen LogP contribution in [0.2, 0.25) is 0 Å². The van der Waals surface area contributed by atoms with E-state index in [1.165, 1.54) is 0 Å². The smallest absolute Gasteiger partial charge is 0.291 e. The quantitative estimate of drug-likeness (QED) is 0.846. The van der Waals surface area contributed by atoms with E-state index in [4.69, 9.17) is 5.73 Å². The van der Waals surface area contributed by atoms with Crippen LogP contribution >= 0.6 is 0 Å². The molecule has 0 radical (unpaired) electrons. The van der Waals surface area contributed by atoms with Gasteiger partial charge in [0.15, 0.2) is 0 Å². The lowest BCUT2D eigenvalue weighted by molar-refractivity contribution is -0.132. The molecule has 1 spiro atoms. The van der Waals surface area contributed by atoms with Gasteiger partial charge in [-0.3, -0.25) is 14.5 Å². The van der Waals surface area contributed by atoms with Gasteiger partial charge in [-0.15, -0.1) is 0 Å². The highest BCUT2D eigenvalue weighted by Crippen LogP contribution is 2.44. The van der Waals surface area contributed by atoms with Crippen LogP contribution < -0.4 is 5.73 Å². The molecule has 7 nitrogen and oxygen atoms in total. The summed E-state index contributed by atoms with van der Waals surface area (Å²) < 4.78 is 0. The summed E-state index contributed by atoms with van der Waals surface area (Å²) >= 11 is 0. The lowest BCUT2D eigenvalue weighted by Crippen LogP contribution is -2.60. The average Bonchev–Trinajstić information content (AvgIpc) is 2.55. The number of hydrogen-bond donors (Lipinski definition) is 1. The van der Waals surface area contributed by atoms with Gasteiger partial charge < -0.3 is 10.6 Å². The van der Waals surface area contributed by atoms with E-state index in [0.29, 0.717) is 13.1 Å². The number of likely N-dealkylation sites (tertiary alicyclic amines) is 2. The molecule has 7 heteroatoms. The van der Waals surface area contributed by atoms with Crippen molar-refractivity contribution in [2.75, 3.05) is 26.7 Å². The number of carbonyl (C=O) groups is 2. The van der Waals surface area contributed by atoms with Gasteiger partial charge in [0.25, 0.3) is 5.91 Å². The predicted octanol–water partition coefficient (Wildman–Crippen LogP) is 0.279. The maximum atomic E-state index is 12.4. The van der Waals surface area contributed by atoms with E-state index in [-0.39, 0.29) is 29.1 Å². The minimum atomic E-state index is -0.252. The fraction of sp³-hybridized carbons (Fsp3) is 0.625. The Morgan fingerprint density at radius 3 is 2.43 bits per heavy atom. The molecular weight excluding hydrogens is 294 g/mol. The van der Waals surface area contributed by atoms with Crippen LogP contribution in [0.5, 0.6) is 0 Å². The number of nitrogens with zero attached hydrogens (tertiary/aromatic N) is 4. The SMILES string of the molecule is CN1CCCC2(CCN(C(=O)c3ncccn3)CC2)C1C(N)=O. The molecule has 3 rings (SSSR count). The fourth-order valence-electron chi connectivity index (χ4n) is 4.16. The molecule has 2 aliphatic rings. The molecule has 124 valence electrons. The lowest BCUT2D eigenvalue weighted by Gasteiger charge is -2.51. The maximum absolute atomic E-state index is 12.4. The Hall–Kier alpha value is -2.02. The number of aromatic nitrogens is 2. The Morgan fingerprint density at radius 2 is 1.83 bits per heavy atom. The van der Waals surface area contributed by atoms with E-state index in [1.807, 2.05) is 7.05 Å². The zero-order valence-electron chi connectivity index (χ0n) is 13.4. The van der Waals surface area contributed by atoms with E-state index in [0.717, 1.165) is 32.2 Å². The van der Waals surface area contributed by atoms with Gasteiger partial charge in [0.05, 0.1) is 6.04 Å². The van der Waals surface area contributed by atoms with Gasteiger partial charge >= 0.3 is 0 Å². The Bertz CT molecular complexity index is 583. The van der Waals surface area contributed by atoms with Gasteiger partial charge in [-0.05, 0) is 50.8 Å². The molecule has 1 atom stereocenters. The summed E-state index contributed by atoms with van der Waals surface area (Å²) in [5, 5.41) is 0. The molecule has 0 aromatic carbocycles. The molecule has 23 heavy (non-hydrogen) atoms. The molecule has 1 unspecified atom stereocenters. The van der Waals surface area contributed by atoms with E-state index < -0.39 is 0 Å². The third-order valence-corrected chi connectivity index (χ3v) is 5.28. The van der Waals surface area contributed by atoms with Crippen LogP contribution in [-0.2, 0) is 4.79 Å². The third kappa shape index (κ3) is 2.93. The second kappa shape index (κ2) is 6.23. The summed E-state index contributed by atoms with van der Waals surface area (Å²) in [5.41, 5.74) is 5.56. The van der Waals surface area contributed by atoms with Crippen molar-refractivity contribution >= 4 is 11.8 Å². The van der Waals surface area contributed by atoms with E-state index in [2.05, 4.69) is 14.9 Å². The van der Waals surface area contributed by atoms with Crippen molar-refractivity contribution in [3.8, 4) is 0 Å². The van der Waals surface area contributed by atoms with Gasteiger partial charge in [-0.1, -0.05) is 0 Å². The van der Waals surface area contributed by atoms with E-state index in [1.54, 1.807) is 23.4 Å². The number of amides is 2. The average molecular weight is 317 g/mol. The first-order chi connectivity index (χ1) is 11.0. The summed E-state index contributed by atoms with van der Waals surface area (Å²) in [5.74, 6) is -0.158. The zero-order valence-corrected chi connectivity index (χ0v) is 13.4. The van der Waals surface area contributed by atoms with Crippen LogP contribution in [-0.4, -0.2) is 64.3 Å². The Morgan fingerprint density at radius 1 is 1.17 bits per heavy atom. The number of likely N-dealkylation sites (N-methyl/N-ethyl adjacent to an activating group) is 1. The predicted molar refractivity (Wildman–Crippen MR) is 84.4 cm³/mol. The van der Waals surface area contributed by atoms with Crippen molar-refractivity contribution in [3.63, 3.8) is 0 Å². The maximum Gasteiger partial charge on any atom is 0.291 e.